The third kappa shape index (κ3) is 2.79. The molecule has 0 saturated carbocycles. The van der Waals surface area contributed by atoms with Crippen LogP contribution in [0.1, 0.15) is 0 Å². The smallest absolute Gasteiger partial charge is 0.350 e. The molecule has 0 fully saturated rings. The van der Waals surface area contributed by atoms with Crippen LogP contribution >= 0.6 is 0 Å². The normalized spacial score (nSPS) is 10.4. The maximum atomic E-state index is 11.9. The molecule has 8 nitrogen and oxygen atoms in total. The predicted octanol–water partition coefficient (Wildman–Crippen LogP) is -1.21. The van der Waals surface area contributed by atoms with Crippen LogP contribution < -0.4 is 11.0 Å². The van der Waals surface area contributed by atoms with Crippen LogP contribution in [0, 0.1) is 0 Å². The number of nitrogens with one attached hydrogen (secondary N) is 1. The summed E-state index contributed by atoms with van der Waals surface area (Å²) in [4.78, 5) is 34.2. The number of hydrogen-bond donors (Lipinski definition) is 1. The van der Waals surface area contributed by atoms with Crippen LogP contribution in [0.2, 0.25) is 0 Å². The summed E-state index contributed by atoms with van der Waals surface area (Å²) in [6.45, 7) is -0.491. The monoisotopic (exact) mass is 264 g/mol. The second kappa shape index (κ2) is 5.34. The van der Waals surface area contributed by atoms with Crippen LogP contribution in [0.5, 0.6) is 0 Å². The molecule has 100 valence electrons. The number of methoxy groups -OCH3 is 1. The van der Waals surface area contributed by atoms with E-state index < -0.39 is 17.6 Å². The fourth-order valence-corrected chi connectivity index (χ4v) is 1.51. The highest BCUT2D eigenvalue weighted by molar-refractivity contribution is 5.81. The molecule has 2 heterocycles. The molecule has 2 rings (SSSR count). The zero-order valence-electron chi connectivity index (χ0n) is 10.2. The maximum absolute atomic E-state index is 11.9. The molecule has 0 aliphatic heterocycles. The average molecular weight is 264 g/mol. The summed E-state index contributed by atoms with van der Waals surface area (Å²) in [5, 5.41) is 6.32. The van der Waals surface area contributed by atoms with Crippen LogP contribution in [0.25, 0.3) is 5.65 Å². The Morgan fingerprint density at radius 3 is 2.89 bits per heavy atom. The van der Waals surface area contributed by atoms with Crippen LogP contribution in [0.4, 0.5) is 0 Å². The van der Waals surface area contributed by atoms with Gasteiger partial charge < -0.3 is 10.1 Å². The number of aromatic nitrogens is 3. The van der Waals surface area contributed by atoms with Crippen LogP contribution in [0.3, 0.4) is 0 Å². The molecule has 0 unspecified atom stereocenters. The topological polar surface area (TPSA) is 94.7 Å². The number of hydrogen-bond acceptors (Lipinski definition) is 5. The Morgan fingerprint density at radius 2 is 2.21 bits per heavy atom. The summed E-state index contributed by atoms with van der Waals surface area (Å²) in [7, 11) is 1.22. The van der Waals surface area contributed by atoms with Gasteiger partial charge in [0, 0.05) is 6.20 Å². The van der Waals surface area contributed by atoms with Gasteiger partial charge in [-0.1, -0.05) is 6.07 Å². The van der Waals surface area contributed by atoms with Crippen molar-refractivity contribution in [3.05, 3.63) is 34.9 Å². The average Bonchev–Trinajstić information content (AvgIpc) is 2.73. The molecule has 1 amide bonds. The van der Waals surface area contributed by atoms with E-state index in [9.17, 15) is 14.4 Å². The SMILES string of the molecule is COC(=O)CNC(=O)Cn1nc2ccccn2c1=O. The van der Waals surface area contributed by atoms with Crippen molar-refractivity contribution < 1.29 is 14.3 Å². The van der Waals surface area contributed by atoms with Crippen molar-refractivity contribution >= 4 is 17.5 Å². The molecule has 0 radical (unpaired) electrons. The third-order valence-electron chi connectivity index (χ3n) is 2.44. The van der Waals surface area contributed by atoms with E-state index in [0.29, 0.717) is 5.65 Å². The van der Waals surface area contributed by atoms with Crippen molar-refractivity contribution in [2.45, 2.75) is 6.54 Å². The Hall–Kier alpha value is -2.64. The molecule has 0 aliphatic rings. The molecule has 0 bridgehead atoms. The minimum atomic E-state index is -0.560. The van der Waals surface area contributed by atoms with Crippen molar-refractivity contribution in [2.75, 3.05) is 13.7 Å². The van der Waals surface area contributed by atoms with Gasteiger partial charge in [-0.3, -0.25) is 14.0 Å². The quantitative estimate of drug-likeness (QED) is 0.699. The number of carbonyl (C=O) groups is 2. The molecule has 0 saturated heterocycles. The number of carbonyl (C=O) groups excluding carboxylic acids is 2. The van der Waals surface area contributed by atoms with E-state index >= 15 is 0 Å². The maximum Gasteiger partial charge on any atom is 0.350 e. The van der Waals surface area contributed by atoms with Crippen molar-refractivity contribution in [1.29, 1.82) is 0 Å². The van der Waals surface area contributed by atoms with E-state index in [4.69, 9.17) is 0 Å². The fourth-order valence-electron chi connectivity index (χ4n) is 1.51. The molecular weight excluding hydrogens is 252 g/mol. The summed E-state index contributed by atoms with van der Waals surface area (Å²) >= 11 is 0. The number of pyridine rings is 1. The lowest BCUT2D eigenvalue weighted by atomic mass is 10.5. The van der Waals surface area contributed by atoms with Gasteiger partial charge in [-0.2, -0.15) is 0 Å². The second-order valence-corrected chi connectivity index (χ2v) is 3.72. The predicted molar refractivity (Wildman–Crippen MR) is 64.5 cm³/mol. The number of esters is 1. The van der Waals surface area contributed by atoms with Crippen LogP contribution in [-0.2, 0) is 20.9 Å². The van der Waals surface area contributed by atoms with Crippen molar-refractivity contribution in [3.63, 3.8) is 0 Å². The summed E-state index contributed by atoms with van der Waals surface area (Å²) < 4.78 is 6.74. The molecule has 19 heavy (non-hydrogen) atoms. The van der Waals surface area contributed by atoms with Crippen LogP contribution in [0.15, 0.2) is 29.2 Å². The summed E-state index contributed by atoms with van der Waals surface area (Å²) in [5.41, 5.74) is 0.0390. The number of fused-ring (bicyclic) bond motifs is 1. The highest BCUT2D eigenvalue weighted by atomic mass is 16.5. The minimum Gasteiger partial charge on any atom is -0.468 e. The molecule has 0 spiro atoms. The number of nitrogens with zero attached hydrogens (tertiary/aromatic N) is 3. The highest BCUT2D eigenvalue weighted by Crippen LogP contribution is 1.94. The van der Waals surface area contributed by atoms with Crippen molar-refractivity contribution in [1.82, 2.24) is 19.5 Å². The first-order valence-corrected chi connectivity index (χ1v) is 5.49. The molecule has 1 N–H and O–H groups in total. The largest absolute Gasteiger partial charge is 0.468 e. The lowest BCUT2D eigenvalue weighted by Crippen LogP contribution is -2.35. The summed E-state index contributed by atoms with van der Waals surface area (Å²) in [6, 6.07) is 5.09. The number of ether oxygens (including phenoxy) is 1. The van der Waals surface area contributed by atoms with Gasteiger partial charge in [-0.05, 0) is 12.1 Å². The molecule has 0 atom stereocenters. The Morgan fingerprint density at radius 1 is 1.42 bits per heavy atom. The lowest BCUT2D eigenvalue weighted by molar-refractivity contribution is -0.141. The van der Waals surface area contributed by atoms with E-state index in [1.54, 1.807) is 24.4 Å². The Balaban J connectivity index is 2.09. The molecule has 8 heteroatoms. The first-order valence-electron chi connectivity index (χ1n) is 5.49. The van der Waals surface area contributed by atoms with E-state index in [0.717, 1.165) is 4.68 Å². The van der Waals surface area contributed by atoms with Crippen molar-refractivity contribution in [2.24, 2.45) is 0 Å². The van der Waals surface area contributed by atoms with Gasteiger partial charge in [0.1, 0.15) is 13.1 Å². The summed E-state index contributed by atoms with van der Waals surface area (Å²) in [5.74, 6) is -1.05. The minimum absolute atomic E-state index is 0.239. The van der Waals surface area contributed by atoms with Crippen molar-refractivity contribution in [3.8, 4) is 0 Å². The third-order valence-corrected chi connectivity index (χ3v) is 2.44. The number of rotatable bonds is 4. The zero-order valence-corrected chi connectivity index (χ0v) is 10.2. The van der Waals surface area contributed by atoms with E-state index in [1.807, 2.05) is 0 Å². The van der Waals surface area contributed by atoms with Gasteiger partial charge >= 0.3 is 11.7 Å². The van der Waals surface area contributed by atoms with E-state index in [-0.39, 0.29) is 13.1 Å². The molecule has 0 aromatic carbocycles. The molecule has 2 aromatic rings. The van der Waals surface area contributed by atoms with Gasteiger partial charge in [0.2, 0.25) is 5.91 Å². The highest BCUT2D eigenvalue weighted by Gasteiger charge is 2.11. The zero-order chi connectivity index (χ0) is 13.8. The molecule has 0 aliphatic carbocycles. The first-order chi connectivity index (χ1) is 9.11. The second-order valence-electron chi connectivity index (χ2n) is 3.72. The Kier molecular flexibility index (Phi) is 3.60. The van der Waals surface area contributed by atoms with E-state index in [2.05, 4.69) is 15.2 Å². The van der Waals surface area contributed by atoms with Gasteiger partial charge in [0.15, 0.2) is 5.65 Å². The first kappa shape index (κ1) is 12.8. The Bertz CT molecular complexity index is 673. The lowest BCUT2D eigenvalue weighted by Gasteiger charge is -2.02. The van der Waals surface area contributed by atoms with Gasteiger partial charge in [0.25, 0.3) is 0 Å². The molecular formula is C11H12N4O4. The fraction of sp³-hybridized carbons (Fsp3) is 0.273. The Labute approximate surface area is 107 Å². The van der Waals surface area contributed by atoms with Crippen LogP contribution in [-0.4, -0.2) is 39.7 Å². The number of amides is 1. The van der Waals surface area contributed by atoms with Gasteiger partial charge in [-0.25, -0.2) is 9.48 Å². The van der Waals surface area contributed by atoms with Gasteiger partial charge in [-0.15, -0.1) is 5.10 Å². The molecule has 2 aromatic heterocycles. The standard InChI is InChI=1S/C11H12N4O4/c1-19-10(17)6-12-9(16)7-15-11(18)14-5-3-2-4-8(14)13-15/h2-5H,6-7H2,1H3,(H,12,16). The summed E-state index contributed by atoms with van der Waals surface area (Å²) in [6.07, 6.45) is 1.56. The van der Waals surface area contributed by atoms with Gasteiger partial charge in [0.05, 0.1) is 7.11 Å². The van der Waals surface area contributed by atoms with E-state index in [1.165, 1.54) is 11.5 Å².